The van der Waals surface area contributed by atoms with Gasteiger partial charge in [-0.25, -0.2) is 0 Å². The molecule has 1 heterocycles. The second kappa shape index (κ2) is 3.90. The summed E-state index contributed by atoms with van der Waals surface area (Å²) in [5, 5.41) is 5.22. The Morgan fingerprint density at radius 2 is 2.50 bits per heavy atom. The largest absolute Gasteiger partial charge is 0.354 e. The van der Waals surface area contributed by atoms with Crippen molar-refractivity contribution in [3.05, 3.63) is 12.7 Å². The van der Waals surface area contributed by atoms with Crippen LogP contribution in [0.4, 0.5) is 0 Å². The molecule has 0 aromatic carbocycles. The van der Waals surface area contributed by atoms with Crippen LogP contribution in [0.15, 0.2) is 12.7 Å². The molecule has 1 aliphatic rings. The second-order valence-electron chi connectivity index (χ2n) is 2.70. The minimum Gasteiger partial charge on any atom is -0.354 e. The molecule has 1 aliphatic heterocycles. The zero-order valence-electron chi connectivity index (χ0n) is 6.80. The third kappa shape index (κ3) is 2.08. The molecule has 0 unspecified atom stereocenters. The van der Waals surface area contributed by atoms with Crippen molar-refractivity contribution in [3.63, 3.8) is 0 Å². The van der Waals surface area contributed by atoms with E-state index in [9.17, 15) is 9.59 Å². The van der Waals surface area contributed by atoms with Gasteiger partial charge in [0.05, 0.1) is 0 Å². The van der Waals surface area contributed by atoms with Crippen molar-refractivity contribution in [2.45, 2.75) is 18.9 Å². The fourth-order valence-electron chi connectivity index (χ4n) is 1.14. The standard InChI is InChI=1S/C8H12N2O2/c1-2-7(11)10-6-4-3-5-9-8(6)12/h2,6H,1,3-5H2,(H,9,12)(H,10,11)/t6-/m0/s1. The number of carbonyl (C=O) groups is 2. The van der Waals surface area contributed by atoms with Crippen LogP contribution < -0.4 is 10.6 Å². The van der Waals surface area contributed by atoms with Gasteiger partial charge in [0.1, 0.15) is 6.04 Å². The first-order valence-electron chi connectivity index (χ1n) is 3.94. The number of amides is 2. The van der Waals surface area contributed by atoms with Crippen molar-refractivity contribution in [3.8, 4) is 0 Å². The first-order valence-corrected chi connectivity index (χ1v) is 3.94. The molecule has 0 bridgehead atoms. The summed E-state index contributed by atoms with van der Waals surface area (Å²) in [6.45, 7) is 4.02. The van der Waals surface area contributed by atoms with Gasteiger partial charge in [-0.2, -0.15) is 0 Å². The maximum atomic E-state index is 11.1. The molecule has 1 rings (SSSR count). The Kier molecular flexibility index (Phi) is 2.85. The van der Waals surface area contributed by atoms with Crippen LogP contribution in [-0.4, -0.2) is 24.4 Å². The summed E-state index contributed by atoms with van der Waals surface area (Å²) in [6, 6.07) is -0.371. The lowest BCUT2D eigenvalue weighted by atomic mass is 10.1. The Morgan fingerprint density at radius 1 is 1.75 bits per heavy atom. The molecule has 0 aromatic rings. The molecule has 1 fully saturated rings. The van der Waals surface area contributed by atoms with Gasteiger partial charge in [0.25, 0.3) is 0 Å². The van der Waals surface area contributed by atoms with Gasteiger partial charge in [0.2, 0.25) is 11.8 Å². The number of carbonyl (C=O) groups excluding carboxylic acids is 2. The minimum atomic E-state index is -0.371. The molecule has 0 saturated carbocycles. The van der Waals surface area contributed by atoms with Crippen LogP contribution in [0, 0.1) is 0 Å². The maximum Gasteiger partial charge on any atom is 0.244 e. The highest BCUT2D eigenvalue weighted by Gasteiger charge is 2.22. The summed E-state index contributed by atoms with van der Waals surface area (Å²) >= 11 is 0. The van der Waals surface area contributed by atoms with Gasteiger partial charge in [-0.1, -0.05) is 6.58 Å². The summed E-state index contributed by atoms with van der Waals surface area (Å²) in [5.41, 5.74) is 0. The lowest BCUT2D eigenvalue weighted by Crippen LogP contribution is -2.49. The molecular weight excluding hydrogens is 156 g/mol. The number of hydrogen-bond acceptors (Lipinski definition) is 2. The number of rotatable bonds is 2. The van der Waals surface area contributed by atoms with Crippen LogP contribution in [0.25, 0.3) is 0 Å². The summed E-state index contributed by atoms with van der Waals surface area (Å²) in [7, 11) is 0. The average Bonchev–Trinajstić information content (AvgIpc) is 2.09. The van der Waals surface area contributed by atoms with E-state index in [1.807, 2.05) is 0 Å². The SMILES string of the molecule is C=CC(=O)N[C@H]1CCCNC1=O. The minimum absolute atomic E-state index is 0.101. The Labute approximate surface area is 71.0 Å². The van der Waals surface area contributed by atoms with E-state index in [4.69, 9.17) is 0 Å². The van der Waals surface area contributed by atoms with Crippen molar-refractivity contribution in [2.75, 3.05) is 6.54 Å². The average molecular weight is 168 g/mol. The quantitative estimate of drug-likeness (QED) is 0.549. The number of nitrogens with one attached hydrogen (secondary N) is 2. The summed E-state index contributed by atoms with van der Waals surface area (Å²) in [6.07, 6.45) is 2.79. The van der Waals surface area contributed by atoms with E-state index in [1.165, 1.54) is 6.08 Å². The van der Waals surface area contributed by atoms with Crippen molar-refractivity contribution in [1.29, 1.82) is 0 Å². The highest BCUT2D eigenvalue weighted by atomic mass is 16.2. The van der Waals surface area contributed by atoms with Crippen LogP contribution in [0.1, 0.15) is 12.8 Å². The summed E-state index contributed by atoms with van der Waals surface area (Å²) in [5.74, 6) is -0.395. The lowest BCUT2D eigenvalue weighted by molar-refractivity contribution is -0.128. The molecule has 0 aromatic heterocycles. The maximum absolute atomic E-state index is 11.1. The van der Waals surface area contributed by atoms with Crippen molar-refractivity contribution < 1.29 is 9.59 Å². The molecule has 66 valence electrons. The monoisotopic (exact) mass is 168 g/mol. The first-order chi connectivity index (χ1) is 5.74. The molecule has 2 N–H and O–H groups in total. The van der Waals surface area contributed by atoms with E-state index in [-0.39, 0.29) is 17.9 Å². The zero-order valence-corrected chi connectivity index (χ0v) is 6.80. The van der Waals surface area contributed by atoms with E-state index in [0.717, 1.165) is 6.42 Å². The Morgan fingerprint density at radius 3 is 3.08 bits per heavy atom. The van der Waals surface area contributed by atoms with Gasteiger partial charge in [-0.3, -0.25) is 9.59 Å². The smallest absolute Gasteiger partial charge is 0.244 e. The van der Waals surface area contributed by atoms with E-state index < -0.39 is 0 Å². The summed E-state index contributed by atoms with van der Waals surface area (Å²) in [4.78, 5) is 21.9. The van der Waals surface area contributed by atoms with Crippen LogP contribution in [0.5, 0.6) is 0 Å². The highest BCUT2D eigenvalue weighted by Crippen LogP contribution is 2.02. The van der Waals surface area contributed by atoms with E-state index in [1.54, 1.807) is 0 Å². The van der Waals surface area contributed by atoms with E-state index in [0.29, 0.717) is 13.0 Å². The zero-order chi connectivity index (χ0) is 8.97. The van der Waals surface area contributed by atoms with Gasteiger partial charge < -0.3 is 10.6 Å². The molecular formula is C8H12N2O2. The summed E-state index contributed by atoms with van der Waals surface area (Å²) < 4.78 is 0. The molecule has 0 radical (unpaired) electrons. The van der Waals surface area contributed by atoms with Gasteiger partial charge in [-0.05, 0) is 18.9 Å². The van der Waals surface area contributed by atoms with Gasteiger partial charge in [0.15, 0.2) is 0 Å². The molecule has 1 atom stereocenters. The van der Waals surface area contributed by atoms with Crippen molar-refractivity contribution >= 4 is 11.8 Å². The topological polar surface area (TPSA) is 58.2 Å². The lowest BCUT2D eigenvalue weighted by Gasteiger charge is -2.21. The molecule has 4 nitrogen and oxygen atoms in total. The molecule has 0 spiro atoms. The fraction of sp³-hybridized carbons (Fsp3) is 0.500. The highest BCUT2D eigenvalue weighted by molar-refractivity contribution is 5.92. The van der Waals surface area contributed by atoms with Gasteiger partial charge in [-0.15, -0.1) is 0 Å². The molecule has 12 heavy (non-hydrogen) atoms. The van der Waals surface area contributed by atoms with Crippen molar-refractivity contribution in [1.82, 2.24) is 10.6 Å². The molecule has 2 amide bonds. The van der Waals surface area contributed by atoms with E-state index in [2.05, 4.69) is 17.2 Å². The van der Waals surface area contributed by atoms with Crippen LogP contribution >= 0.6 is 0 Å². The van der Waals surface area contributed by atoms with Crippen molar-refractivity contribution in [2.24, 2.45) is 0 Å². The fourth-order valence-corrected chi connectivity index (χ4v) is 1.14. The van der Waals surface area contributed by atoms with Crippen LogP contribution in [-0.2, 0) is 9.59 Å². The predicted octanol–water partition coefficient (Wildman–Crippen LogP) is -0.433. The van der Waals surface area contributed by atoms with Crippen LogP contribution in [0.3, 0.4) is 0 Å². The predicted molar refractivity (Wildman–Crippen MR) is 44.4 cm³/mol. The molecule has 0 aliphatic carbocycles. The third-order valence-corrected chi connectivity index (χ3v) is 1.79. The Bertz CT molecular complexity index is 213. The Balaban J connectivity index is 2.44. The number of hydrogen-bond donors (Lipinski definition) is 2. The third-order valence-electron chi connectivity index (χ3n) is 1.79. The van der Waals surface area contributed by atoms with Gasteiger partial charge >= 0.3 is 0 Å². The first kappa shape index (κ1) is 8.77. The molecule has 4 heteroatoms. The molecule has 1 saturated heterocycles. The normalized spacial score (nSPS) is 22.7. The van der Waals surface area contributed by atoms with Gasteiger partial charge in [0, 0.05) is 6.54 Å². The van der Waals surface area contributed by atoms with E-state index >= 15 is 0 Å². The number of piperidine rings is 1. The Hall–Kier alpha value is -1.32. The second-order valence-corrected chi connectivity index (χ2v) is 2.70. The van der Waals surface area contributed by atoms with Crippen LogP contribution in [0.2, 0.25) is 0 Å².